The number of fused-ring (bicyclic) bond motifs is 1. The lowest BCUT2D eigenvalue weighted by molar-refractivity contribution is 0.519. The van der Waals surface area contributed by atoms with E-state index in [4.69, 9.17) is 0 Å². The number of rotatable bonds is 6. The number of sulfone groups is 1. The van der Waals surface area contributed by atoms with Crippen LogP contribution in [0.25, 0.3) is 0 Å². The lowest BCUT2D eigenvalue weighted by Gasteiger charge is -2.25. The van der Waals surface area contributed by atoms with Gasteiger partial charge in [-0.3, -0.25) is 0 Å². The molecule has 124 valence electrons. The summed E-state index contributed by atoms with van der Waals surface area (Å²) in [6.07, 6.45) is 2.54. The van der Waals surface area contributed by atoms with E-state index in [-0.39, 0.29) is 17.9 Å². The van der Waals surface area contributed by atoms with Crippen molar-refractivity contribution in [2.75, 3.05) is 25.6 Å². The number of benzene rings is 1. The molecule has 2 rings (SSSR count). The first-order valence-corrected chi connectivity index (χ1v) is 10.8. The van der Waals surface area contributed by atoms with E-state index in [0.29, 0.717) is 6.42 Å². The van der Waals surface area contributed by atoms with Gasteiger partial charge in [-0.25, -0.2) is 21.1 Å². The summed E-state index contributed by atoms with van der Waals surface area (Å²) in [6.45, 7) is 0. The molecule has 0 aromatic heterocycles. The fourth-order valence-electron chi connectivity index (χ4n) is 2.85. The molecule has 0 N–H and O–H groups in total. The maximum Gasteiger partial charge on any atom is 0.213 e. The molecule has 1 aliphatic carbocycles. The molecule has 0 spiro atoms. The normalized spacial score (nSPS) is 19.1. The van der Waals surface area contributed by atoms with Crippen LogP contribution in [-0.2, 0) is 26.3 Å². The molecule has 0 unspecified atom stereocenters. The van der Waals surface area contributed by atoms with Crippen molar-refractivity contribution in [3.05, 3.63) is 35.4 Å². The summed E-state index contributed by atoms with van der Waals surface area (Å²) >= 11 is 0. The molecule has 1 aromatic rings. The fourth-order valence-corrected chi connectivity index (χ4v) is 5.88. The zero-order valence-corrected chi connectivity index (χ0v) is 14.7. The predicted molar refractivity (Wildman–Crippen MR) is 88.0 cm³/mol. The zero-order valence-electron chi connectivity index (χ0n) is 13.0. The lowest BCUT2D eigenvalue weighted by atomic mass is 9.91. The van der Waals surface area contributed by atoms with Gasteiger partial charge in [0, 0.05) is 14.1 Å². The molecule has 0 saturated heterocycles. The Hall–Kier alpha value is -0.920. The highest BCUT2D eigenvalue weighted by Gasteiger charge is 2.31. The van der Waals surface area contributed by atoms with Crippen LogP contribution >= 0.6 is 0 Å². The van der Waals surface area contributed by atoms with Gasteiger partial charge in [-0.1, -0.05) is 24.3 Å². The Balaban J connectivity index is 2.09. The van der Waals surface area contributed by atoms with E-state index < -0.39 is 25.1 Å². The standard InChI is InChI=1S/C15H23NO4S2/c1-16(2)22(19,20)12-6-11-21(17,18)15-10-5-8-13-7-3-4-9-14(13)15/h3-4,7,9,15H,5-6,8,10-12H2,1-2H3/t15-/m0/s1. The smallest absolute Gasteiger partial charge is 0.213 e. The Bertz CT molecular complexity index is 724. The van der Waals surface area contributed by atoms with Gasteiger partial charge in [-0.15, -0.1) is 0 Å². The lowest BCUT2D eigenvalue weighted by Crippen LogP contribution is -2.27. The highest BCUT2D eigenvalue weighted by atomic mass is 32.2. The van der Waals surface area contributed by atoms with Gasteiger partial charge in [0.1, 0.15) is 0 Å². The van der Waals surface area contributed by atoms with Gasteiger partial charge in [0.15, 0.2) is 9.84 Å². The van der Waals surface area contributed by atoms with Gasteiger partial charge < -0.3 is 0 Å². The third kappa shape index (κ3) is 3.88. The largest absolute Gasteiger partial charge is 0.228 e. The van der Waals surface area contributed by atoms with E-state index in [9.17, 15) is 16.8 Å². The molecular weight excluding hydrogens is 322 g/mol. The Morgan fingerprint density at radius 3 is 2.45 bits per heavy atom. The third-order valence-electron chi connectivity index (χ3n) is 4.14. The van der Waals surface area contributed by atoms with Crippen LogP contribution < -0.4 is 0 Å². The number of hydrogen-bond acceptors (Lipinski definition) is 4. The molecule has 0 fully saturated rings. The summed E-state index contributed by atoms with van der Waals surface area (Å²) in [5.41, 5.74) is 1.99. The van der Waals surface area contributed by atoms with Crippen LogP contribution in [0.5, 0.6) is 0 Å². The first-order chi connectivity index (χ1) is 10.2. The second-order valence-electron chi connectivity index (χ2n) is 5.90. The SMILES string of the molecule is CN(C)S(=O)(=O)CCCS(=O)(=O)[C@H]1CCCc2ccccc21. The monoisotopic (exact) mass is 345 g/mol. The van der Waals surface area contributed by atoms with Gasteiger partial charge in [-0.05, 0) is 36.8 Å². The van der Waals surface area contributed by atoms with E-state index in [1.54, 1.807) is 0 Å². The molecule has 0 heterocycles. The van der Waals surface area contributed by atoms with Crippen molar-refractivity contribution in [1.82, 2.24) is 4.31 Å². The minimum absolute atomic E-state index is 0.0843. The van der Waals surface area contributed by atoms with Gasteiger partial charge in [-0.2, -0.15) is 0 Å². The fraction of sp³-hybridized carbons (Fsp3) is 0.600. The van der Waals surface area contributed by atoms with E-state index >= 15 is 0 Å². The highest BCUT2D eigenvalue weighted by molar-refractivity contribution is 7.91. The molecule has 0 amide bonds. The topological polar surface area (TPSA) is 71.5 Å². The Morgan fingerprint density at radius 1 is 1.09 bits per heavy atom. The molecule has 7 heteroatoms. The molecule has 1 aliphatic rings. The summed E-state index contributed by atoms with van der Waals surface area (Å²) in [5, 5.41) is -0.487. The number of aryl methyl sites for hydroxylation is 1. The van der Waals surface area contributed by atoms with Crippen molar-refractivity contribution in [2.24, 2.45) is 0 Å². The third-order valence-corrected chi connectivity index (χ3v) is 8.27. The molecule has 0 radical (unpaired) electrons. The second-order valence-corrected chi connectivity index (χ2v) is 10.5. The average Bonchev–Trinajstić information content (AvgIpc) is 2.46. The van der Waals surface area contributed by atoms with Crippen molar-refractivity contribution in [1.29, 1.82) is 0 Å². The summed E-state index contributed by atoms with van der Waals surface area (Å²) in [5.74, 6) is -0.216. The number of hydrogen-bond donors (Lipinski definition) is 0. The summed E-state index contributed by atoms with van der Waals surface area (Å²) in [7, 11) is -3.75. The van der Waals surface area contributed by atoms with Crippen molar-refractivity contribution in [3.63, 3.8) is 0 Å². The first kappa shape index (κ1) is 17.4. The summed E-state index contributed by atoms with van der Waals surface area (Å²) in [4.78, 5) is 0. The van der Waals surface area contributed by atoms with E-state index in [2.05, 4.69) is 0 Å². The minimum atomic E-state index is -3.34. The maximum atomic E-state index is 12.6. The minimum Gasteiger partial charge on any atom is -0.228 e. The predicted octanol–water partition coefficient (Wildman–Crippen LogP) is 1.76. The molecule has 1 atom stereocenters. The van der Waals surface area contributed by atoms with E-state index in [1.807, 2.05) is 24.3 Å². The van der Waals surface area contributed by atoms with Crippen LogP contribution in [0.2, 0.25) is 0 Å². The second kappa shape index (κ2) is 6.68. The first-order valence-electron chi connectivity index (χ1n) is 7.43. The molecule has 0 bridgehead atoms. The van der Waals surface area contributed by atoms with Crippen molar-refractivity contribution >= 4 is 19.9 Å². The van der Waals surface area contributed by atoms with Crippen molar-refractivity contribution < 1.29 is 16.8 Å². The summed E-state index contributed by atoms with van der Waals surface area (Å²) < 4.78 is 49.8. The number of nitrogens with zero attached hydrogens (tertiary/aromatic N) is 1. The van der Waals surface area contributed by atoms with E-state index in [0.717, 1.165) is 28.3 Å². The van der Waals surface area contributed by atoms with Gasteiger partial charge in [0.2, 0.25) is 10.0 Å². The van der Waals surface area contributed by atoms with E-state index in [1.165, 1.54) is 14.1 Å². The van der Waals surface area contributed by atoms with Crippen LogP contribution in [0, 0.1) is 0 Å². The molecule has 0 saturated carbocycles. The van der Waals surface area contributed by atoms with Crippen LogP contribution in [0.15, 0.2) is 24.3 Å². The molecule has 5 nitrogen and oxygen atoms in total. The van der Waals surface area contributed by atoms with Gasteiger partial charge in [0.05, 0.1) is 16.8 Å². The van der Waals surface area contributed by atoms with Gasteiger partial charge >= 0.3 is 0 Å². The Labute approximate surface area is 133 Å². The van der Waals surface area contributed by atoms with Crippen LogP contribution in [0.3, 0.4) is 0 Å². The van der Waals surface area contributed by atoms with Gasteiger partial charge in [0.25, 0.3) is 0 Å². The van der Waals surface area contributed by atoms with Crippen LogP contribution in [0.1, 0.15) is 35.6 Å². The highest BCUT2D eigenvalue weighted by Crippen LogP contribution is 2.36. The summed E-state index contributed by atoms with van der Waals surface area (Å²) in [6, 6.07) is 7.65. The molecule has 1 aromatic carbocycles. The van der Waals surface area contributed by atoms with Crippen LogP contribution in [0.4, 0.5) is 0 Å². The average molecular weight is 345 g/mol. The Kier molecular flexibility index (Phi) is 5.29. The van der Waals surface area contributed by atoms with Crippen molar-refractivity contribution in [3.8, 4) is 0 Å². The quantitative estimate of drug-likeness (QED) is 0.788. The zero-order chi connectivity index (χ0) is 16.4. The molecule has 0 aliphatic heterocycles. The van der Waals surface area contributed by atoms with Crippen molar-refractivity contribution in [2.45, 2.75) is 30.9 Å². The number of sulfonamides is 1. The van der Waals surface area contributed by atoms with Crippen LogP contribution in [-0.4, -0.2) is 46.7 Å². The Morgan fingerprint density at radius 2 is 1.77 bits per heavy atom. The molecular formula is C15H23NO4S2. The molecule has 22 heavy (non-hydrogen) atoms. The maximum absolute atomic E-state index is 12.6.